The van der Waals surface area contributed by atoms with Gasteiger partial charge in [0, 0.05) is 70.0 Å². The topological polar surface area (TPSA) is 56.7 Å². The van der Waals surface area contributed by atoms with E-state index in [1.807, 2.05) is 30.3 Å². The minimum absolute atomic E-state index is 0.590. The van der Waals surface area contributed by atoms with Crippen molar-refractivity contribution in [1.82, 2.24) is 19.5 Å². The second-order valence-electron chi connectivity index (χ2n) is 15.6. The fourth-order valence-electron chi connectivity index (χ4n) is 9.20. The monoisotopic (exact) mass is 796 g/mol. The van der Waals surface area contributed by atoms with Gasteiger partial charge in [0.05, 0.1) is 16.7 Å². The van der Waals surface area contributed by atoms with E-state index in [1.165, 1.54) is 41.7 Å². The summed E-state index contributed by atoms with van der Waals surface area (Å²) in [5.74, 6) is 1.83. The van der Waals surface area contributed by atoms with Crippen molar-refractivity contribution in [3.8, 4) is 51.0 Å². The molecule has 0 aliphatic heterocycles. The Morgan fingerprint density at radius 1 is 0.377 bits per heavy atom. The summed E-state index contributed by atoms with van der Waals surface area (Å²) in [6.45, 7) is 0. The molecule has 61 heavy (non-hydrogen) atoms. The van der Waals surface area contributed by atoms with Crippen LogP contribution in [0.1, 0.15) is 0 Å². The van der Waals surface area contributed by atoms with Crippen LogP contribution in [0.5, 0.6) is 0 Å². The molecular weight excluding hydrogens is 765 g/mol. The van der Waals surface area contributed by atoms with Gasteiger partial charge < -0.3 is 8.98 Å². The van der Waals surface area contributed by atoms with Gasteiger partial charge in [-0.05, 0) is 70.9 Å². The Bertz CT molecular complexity index is 3880. The van der Waals surface area contributed by atoms with Crippen LogP contribution in [-0.4, -0.2) is 19.5 Å². The Labute approximate surface area is 353 Å². The molecule has 0 amide bonds. The third kappa shape index (κ3) is 5.36. The van der Waals surface area contributed by atoms with Crippen molar-refractivity contribution in [3.05, 3.63) is 194 Å². The maximum absolute atomic E-state index is 6.87. The van der Waals surface area contributed by atoms with Crippen molar-refractivity contribution in [2.75, 3.05) is 0 Å². The molecule has 0 atom stereocenters. The molecule has 0 fully saturated rings. The molecule has 0 saturated carbocycles. The molecule has 0 spiro atoms. The molecule has 13 rings (SSSR count). The zero-order valence-corrected chi connectivity index (χ0v) is 33.4. The Morgan fingerprint density at radius 3 is 1.89 bits per heavy atom. The van der Waals surface area contributed by atoms with Crippen LogP contribution in [0.15, 0.2) is 199 Å². The maximum atomic E-state index is 6.87. The van der Waals surface area contributed by atoms with Crippen LogP contribution in [-0.2, 0) is 0 Å². The average molecular weight is 797 g/mol. The number of nitrogens with zero attached hydrogens (tertiary/aromatic N) is 4. The summed E-state index contributed by atoms with van der Waals surface area (Å²) in [4.78, 5) is 15.6. The number of rotatable bonds is 5. The van der Waals surface area contributed by atoms with E-state index in [0.717, 1.165) is 66.5 Å². The smallest absolute Gasteiger partial charge is 0.164 e. The third-order valence-corrected chi connectivity index (χ3v) is 13.2. The quantitative estimate of drug-likeness (QED) is 0.174. The lowest BCUT2D eigenvalue weighted by atomic mass is 9.98. The lowest BCUT2D eigenvalue weighted by molar-refractivity contribution is 0.668. The molecule has 0 aliphatic rings. The van der Waals surface area contributed by atoms with E-state index in [-0.39, 0.29) is 0 Å². The first-order valence-corrected chi connectivity index (χ1v) is 21.2. The summed E-state index contributed by atoms with van der Waals surface area (Å²) >= 11 is 1.80. The van der Waals surface area contributed by atoms with Crippen LogP contribution >= 0.6 is 11.3 Å². The Kier molecular flexibility index (Phi) is 7.41. The normalized spacial score (nSPS) is 11.9. The van der Waals surface area contributed by atoms with E-state index < -0.39 is 0 Å². The van der Waals surface area contributed by atoms with Crippen molar-refractivity contribution in [3.63, 3.8) is 0 Å². The van der Waals surface area contributed by atoms with E-state index in [9.17, 15) is 0 Å². The molecule has 4 aromatic heterocycles. The van der Waals surface area contributed by atoms with E-state index >= 15 is 0 Å². The van der Waals surface area contributed by atoms with Gasteiger partial charge >= 0.3 is 0 Å². The molecule has 284 valence electrons. The first kappa shape index (κ1) is 34.0. The number of benzene rings is 9. The highest BCUT2D eigenvalue weighted by Gasteiger charge is 2.23. The van der Waals surface area contributed by atoms with Gasteiger partial charge in [0.25, 0.3) is 0 Å². The van der Waals surface area contributed by atoms with Crippen LogP contribution in [0.25, 0.3) is 126 Å². The molecule has 0 N–H and O–H groups in total. The third-order valence-electron chi connectivity index (χ3n) is 12.0. The van der Waals surface area contributed by atoms with Crippen LogP contribution in [0, 0.1) is 0 Å². The summed E-state index contributed by atoms with van der Waals surface area (Å²) in [7, 11) is 0. The fraction of sp³-hybridized carbons (Fsp3) is 0. The molecular formula is C55H32N4OS. The van der Waals surface area contributed by atoms with Crippen molar-refractivity contribution in [1.29, 1.82) is 0 Å². The minimum Gasteiger partial charge on any atom is -0.456 e. The highest BCUT2D eigenvalue weighted by atomic mass is 32.1. The fourth-order valence-corrected chi connectivity index (χ4v) is 10.3. The van der Waals surface area contributed by atoms with E-state index in [1.54, 1.807) is 11.3 Å². The van der Waals surface area contributed by atoms with E-state index in [2.05, 4.69) is 168 Å². The Morgan fingerprint density at radius 2 is 1.05 bits per heavy atom. The summed E-state index contributed by atoms with van der Waals surface area (Å²) in [5, 5.41) is 9.24. The van der Waals surface area contributed by atoms with E-state index in [0.29, 0.717) is 17.5 Å². The molecule has 0 radical (unpaired) electrons. The summed E-state index contributed by atoms with van der Waals surface area (Å²) in [6, 6.07) is 68.6. The molecule has 0 saturated heterocycles. The van der Waals surface area contributed by atoms with Gasteiger partial charge in [0.15, 0.2) is 17.5 Å². The van der Waals surface area contributed by atoms with Gasteiger partial charge in [-0.3, -0.25) is 0 Å². The molecule has 0 bridgehead atoms. The van der Waals surface area contributed by atoms with Crippen LogP contribution in [0.2, 0.25) is 0 Å². The SMILES string of the molecule is c1ccc(-c2nc(-c3ccc4sc5ccccc5c4c3)nc(-c3cccc4oc5cc(-n6c7ccccc7c7cc8ccccc8cc76)c(-c6ccccc6)cc5c34)n2)cc1. The van der Waals surface area contributed by atoms with Gasteiger partial charge in [0.1, 0.15) is 11.2 Å². The lowest BCUT2D eigenvalue weighted by Gasteiger charge is -2.15. The molecule has 13 aromatic rings. The van der Waals surface area contributed by atoms with E-state index in [4.69, 9.17) is 19.4 Å². The van der Waals surface area contributed by atoms with Crippen molar-refractivity contribution < 1.29 is 4.42 Å². The van der Waals surface area contributed by atoms with Gasteiger partial charge in [-0.15, -0.1) is 11.3 Å². The molecule has 0 unspecified atom stereocenters. The number of hydrogen-bond donors (Lipinski definition) is 0. The zero-order chi connectivity index (χ0) is 40.0. The van der Waals surface area contributed by atoms with Gasteiger partial charge in [0.2, 0.25) is 0 Å². The second kappa shape index (κ2) is 13.3. The van der Waals surface area contributed by atoms with Gasteiger partial charge in [-0.1, -0.05) is 133 Å². The summed E-state index contributed by atoms with van der Waals surface area (Å²) in [5.41, 5.74) is 9.85. The Balaban J connectivity index is 1.07. The largest absolute Gasteiger partial charge is 0.456 e. The van der Waals surface area contributed by atoms with Crippen molar-refractivity contribution in [2.24, 2.45) is 0 Å². The number of furan rings is 1. The van der Waals surface area contributed by atoms with Gasteiger partial charge in [-0.25, -0.2) is 15.0 Å². The van der Waals surface area contributed by atoms with Crippen LogP contribution < -0.4 is 0 Å². The molecule has 5 nitrogen and oxygen atoms in total. The maximum Gasteiger partial charge on any atom is 0.164 e. The molecule has 6 heteroatoms. The zero-order valence-electron chi connectivity index (χ0n) is 32.6. The second-order valence-corrected chi connectivity index (χ2v) is 16.6. The lowest BCUT2D eigenvalue weighted by Crippen LogP contribution is -2.00. The molecule has 0 aliphatic carbocycles. The first-order chi connectivity index (χ1) is 30.2. The average Bonchev–Trinajstić information content (AvgIpc) is 3.99. The minimum atomic E-state index is 0.590. The van der Waals surface area contributed by atoms with Crippen LogP contribution in [0.3, 0.4) is 0 Å². The number of thiophene rings is 1. The van der Waals surface area contributed by atoms with Gasteiger partial charge in [-0.2, -0.15) is 0 Å². The summed E-state index contributed by atoms with van der Waals surface area (Å²) < 4.78 is 11.8. The number of aromatic nitrogens is 4. The molecule has 9 aromatic carbocycles. The highest BCUT2D eigenvalue weighted by Crippen LogP contribution is 2.44. The number of hydrogen-bond acceptors (Lipinski definition) is 5. The first-order valence-electron chi connectivity index (χ1n) is 20.4. The number of fused-ring (bicyclic) bond motifs is 10. The highest BCUT2D eigenvalue weighted by molar-refractivity contribution is 7.25. The predicted octanol–water partition coefficient (Wildman–Crippen LogP) is 15.1. The Hall–Kier alpha value is -7.93. The summed E-state index contributed by atoms with van der Waals surface area (Å²) in [6.07, 6.45) is 0. The predicted molar refractivity (Wildman–Crippen MR) is 254 cm³/mol. The van der Waals surface area contributed by atoms with Crippen LogP contribution in [0.4, 0.5) is 0 Å². The standard InChI is InChI=1S/C55H32N4OS/c1-3-14-33(15-4-1)41-31-44-49(32-47(41)59-45-23-11-9-20-38(45)42-28-35-18-7-8-19-36(35)30-46(42)59)60-48-24-13-22-40(52(44)48)55-57-53(34-16-5-2-6-17-34)56-54(58-55)37-26-27-51-43(29-37)39-21-10-12-25-50(39)61-51/h1-32H. The van der Waals surface area contributed by atoms with Crippen molar-refractivity contribution >= 4 is 86.0 Å². The number of para-hydroxylation sites is 1. The molecule has 4 heterocycles. The van der Waals surface area contributed by atoms with Crippen molar-refractivity contribution in [2.45, 2.75) is 0 Å².